The van der Waals surface area contributed by atoms with Crippen LogP contribution in [0.15, 0.2) is 30.3 Å². The van der Waals surface area contributed by atoms with Crippen molar-refractivity contribution in [2.45, 2.75) is 37.5 Å². The second-order valence-corrected chi connectivity index (χ2v) is 11.3. The molecule has 11 heteroatoms. The Hall–Kier alpha value is -3.96. The smallest absolute Gasteiger partial charge is 0.338 e. The number of aromatic hydroxyl groups is 1. The Morgan fingerprint density at radius 1 is 1.02 bits per heavy atom. The number of carbonyl (C=O) groups is 2. The van der Waals surface area contributed by atoms with Crippen LogP contribution in [0.25, 0.3) is 10.9 Å². The third-order valence-corrected chi connectivity index (χ3v) is 9.31. The molecule has 0 spiro atoms. The van der Waals surface area contributed by atoms with Gasteiger partial charge in [0.2, 0.25) is 5.75 Å². The monoisotopic (exact) mass is 580 g/mol. The highest BCUT2D eigenvalue weighted by molar-refractivity contribution is 5.91. The SMILES string of the molecule is COC(=O)[C@@H]1[C@@H](O)[C@H](OC(=O)c2cc(O)c(OC)c(OC)c2)C[C@@H]2CN3CCc4c([nH]c5cc(OC)ccc45)[C@H]3C[C@@H]21. The van der Waals surface area contributed by atoms with Gasteiger partial charge in [0.05, 0.1) is 46.0 Å². The number of aromatic nitrogens is 1. The quantitative estimate of drug-likeness (QED) is 0.373. The zero-order chi connectivity index (χ0) is 29.7. The van der Waals surface area contributed by atoms with E-state index >= 15 is 0 Å². The number of carbonyl (C=O) groups excluding carboxylic acids is 2. The Balaban J connectivity index is 1.27. The molecule has 0 bridgehead atoms. The van der Waals surface area contributed by atoms with Crippen molar-refractivity contribution in [2.24, 2.45) is 17.8 Å². The maximum absolute atomic E-state index is 13.2. The van der Waals surface area contributed by atoms with Gasteiger partial charge in [-0.2, -0.15) is 0 Å². The van der Waals surface area contributed by atoms with Crippen LogP contribution in [0.1, 0.15) is 40.5 Å². The number of piperidine rings is 1. The van der Waals surface area contributed by atoms with Crippen LogP contribution in [0.5, 0.6) is 23.0 Å². The van der Waals surface area contributed by atoms with Gasteiger partial charge >= 0.3 is 11.9 Å². The molecule has 1 aromatic heterocycles. The lowest BCUT2D eigenvalue weighted by Crippen LogP contribution is -2.58. The van der Waals surface area contributed by atoms with Gasteiger partial charge in [-0.25, -0.2) is 4.79 Å². The van der Waals surface area contributed by atoms with Crippen LogP contribution in [0.3, 0.4) is 0 Å². The maximum Gasteiger partial charge on any atom is 0.338 e. The highest BCUT2D eigenvalue weighted by atomic mass is 16.6. The number of fused-ring (bicyclic) bond motifs is 6. The molecule has 224 valence electrons. The summed E-state index contributed by atoms with van der Waals surface area (Å²) in [6.45, 7) is 1.56. The third kappa shape index (κ3) is 4.60. The number of aromatic amines is 1. The summed E-state index contributed by atoms with van der Waals surface area (Å²) in [5.74, 6) is -1.53. The summed E-state index contributed by atoms with van der Waals surface area (Å²) in [5.41, 5.74) is 3.48. The zero-order valence-electron chi connectivity index (χ0n) is 24.1. The summed E-state index contributed by atoms with van der Waals surface area (Å²) < 4.78 is 26.8. The molecule has 1 saturated carbocycles. The van der Waals surface area contributed by atoms with Crippen molar-refractivity contribution in [1.29, 1.82) is 0 Å². The van der Waals surface area contributed by atoms with Crippen LogP contribution in [0, 0.1) is 17.8 Å². The number of phenols is 1. The van der Waals surface area contributed by atoms with Crippen LogP contribution in [-0.2, 0) is 20.7 Å². The van der Waals surface area contributed by atoms with E-state index in [1.54, 1.807) is 7.11 Å². The largest absolute Gasteiger partial charge is 0.504 e. The van der Waals surface area contributed by atoms with E-state index in [0.29, 0.717) is 19.4 Å². The molecule has 0 amide bonds. The fraction of sp³-hybridized carbons (Fsp3) is 0.484. The molecule has 11 nitrogen and oxygen atoms in total. The second kappa shape index (κ2) is 11.0. The van der Waals surface area contributed by atoms with Crippen molar-refractivity contribution in [2.75, 3.05) is 41.5 Å². The Morgan fingerprint density at radius 3 is 2.55 bits per heavy atom. The van der Waals surface area contributed by atoms with Crippen LogP contribution in [0.2, 0.25) is 0 Å². The van der Waals surface area contributed by atoms with Gasteiger partial charge in [-0.3, -0.25) is 9.69 Å². The van der Waals surface area contributed by atoms with Crippen molar-refractivity contribution in [3.63, 3.8) is 0 Å². The number of H-pyrrole nitrogens is 1. The lowest BCUT2D eigenvalue weighted by atomic mass is 9.64. The van der Waals surface area contributed by atoms with Crippen molar-refractivity contribution in [3.8, 4) is 23.0 Å². The summed E-state index contributed by atoms with van der Waals surface area (Å²) in [4.78, 5) is 32.4. The number of rotatable bonds is 6. The summed E-state index contributed by atoms with van der Waals surface area (Å²) in [7, 11) is 5.73. The molecule has 2 fully saturated rings. The lowest BCUT2D eigenvalue weighted by Gasteiger charge is -2.52. The van der Waals surface area contributed by atoms with E-state index in [0.717, 1.165) is 29.9 Å². The fourth-order valence-electron chi connectivity index (χ4n) is 7.35. The summed E-state index contributed by atoms with van der Waals surface area (Å²) >= 11 is 0. The highest BCUT2D eigenvalue weighted by Crippen LogP contribution is 2.50. The number of esters is 2. The van der Waals surface area contributed by atoms with Crippen molar-refractivity contribution in [1.82, 2.24) is 9.88 Å². The minimum absolute atomic E-state index is 0.00335. The summed E-state index contributed by atoms with van der Waals surface area (Å²) in [6.07, 6.45) is -0.249. The first-order valence-electron chi connectivity index (χ1n) is 14.1. The topological polar surface area (TPSA) is 140 Å². The average Bonchev–Trinajstić information content (AvgIpc) is 3.38. The van der Waals surface area contributed by atoms with E-state index in [-0.39, 0.29) is 40.7 Å². The first-order chi connectivity index (χ1) is 20.3. The van der Waals surface area contributed by atoms with Gasteiger partial charge in [-0.05, 0) is 60.9 Å². The maximum atomic E-state index is 13.2. The third-order valence-electron chi connectivity index (χ3n) is 9.31. The number of hydrogen-bond donors (Lipinski definition) is 3. The lowest BCUT2D eigenvalue weighted by molar-refractivity contribution is -0.172. The molecule has 2 aliphatic heterocycles. The molecule has 1 saturated heterocycles. The molecule has 1 aliphatic carbocycles. The van der Waals surface area contributed by atoms with Crippen LogP contribution in [-0.4, -0.2) is 85.8 Å². The molecule has 2 aromatic carbocycles. The van der Waals surface area contributed by atoms with Crippen LogP contribution in [0.4, 0.5) is 0 Å². The van der Waals surface area contributed by atoms with Gasteiger partial charge in [-0.1, -0.05) is 0 Å². The highest BCUT2D eigenvalue weighted by Gasteiger charge is 2.53. The van der Waals surface area contributed by atoms with Crippen molar-refractivity contribution < 1.29 is 43.5 Å². The van der Waals surface area contributed by atoms with Crippen LogP contribution >= 0.6 is 0 Å². The fourth-order valence-corrected chi connectivity index (χ4v) is 7.35. The van der Waals surface area contributed by atoms with E-state index in [9.17, 15) is 19.8 Å². The Morgan fingerprint density at radius 2 is 1.83 bits per heavy atom. The van der Waals surface area contributed by atoms with E-state index in [4.69, 9.17) is 23.7 Å². The minimum Gasteiger partial charge on any atom is -0.504 e. The normalized spacial score (nSPS) is 26.9. The number of nitrogens with one attached hydrogen (secondary N) is 1. The van der Waals surface area contributed by atoms with Crippen molar-refractivity contribution >= 4 is 22.8 Å². The number of nitrogens with zero attached hydrogens (tertiary/aromatic N) is 1. The molecule has 3 aromatic rings. The summed E-state index contributed by atoms with van der Waals surface area (Å²) in [6, 6.07) is 8.75. The molecular weight excluding hydrogens is 544 g/mol. The minimum atomic E-state index is -1.25. The van der Waals surface area contributed by atoms with Gasteiger partial charge in [0.15, 0.2) is 11.5 Å². The van der Waals surface area contributed by atoms with E-state index in [2.05, 4.69) is 16.0 Å². The molecule has 3 heterocycles. The molecule has 42 heavy (non-hydrogen) atoms. The van der Waals surface area contributed by atoms with Gasteiger partial charge in [-0.15, -0.1) is 0 Å². The molecule has 0 radical (unpaired) electrons. The van der Waals surface area contributed by atoms with Crippen molar-refractivity contribution in [3.05, 3.63) is 47.2 Å². The van der Waals surface area contributed by atoms with Gasteiger partial charge < -0.3 is 38.9 Å². The van der Waals surface area contributed by atoms with E-state index < -0.39 is 30.1 Å². The Kier molecular flexibility index (Phi) is 7.40. The van der Waals surface area contributed by atoms with Gasteiger partial charge in [0.25, 0.3) is 0 Å². The average molecular weight is 581 g/mol. The predicted octanol–water partition coefficient (Wildman–Crippen LogP) is 3.21. The van der Waals surface area contributed by atoms with Gasteiger partial charge in [0.1, 0.15) is 18.0 Å². The summed E-state index contributed by atoms with van der Waals surface area (Å²) in [5, 5.41) is 23.0. The standard InChI is InChI=1S/C31H36N2O9/c1-38-17-5-6-18-19-7-8-33-14-16-11-24(42-30(36)15-9-23(34)29(40-3)25(10-15)39-2)28(35)26(31(37)41-4)20(16)13-22(33)27(19)32-21(18)12-17/h5-6,9-10,12,16,20,22,24,26,28,32,34-35H,7-8,11,13-14H2,1-4H3/t16-,20+,22-,24-,26+,28+/m1/s1. The number of aliphatic hydroxyl groups excluding tert-OH is 1. The zero-order valence-corrected chi connectivity index (χ0v) is 24.1. The van der Waals surface area contributed by atoms with Crippen LogP contribution < -0.4 is 14.2 Å². The predicted molar refractivity (Wildman–Crippen MR) is 151 cm³/mol. The molecule has 0 unspecified atom stereocenters. The Bertz CT molecular complexity index is 1520. The first kappa shape index (κ1) is 28.2. The number of benzene rings is 2. The number of aliphatic hydroxyl groups is 1. The molecule has 6 rings (SSSR count). The molecular formula is C31H36N2O9. The second-order valence-electron chi connectivity index (χ2n) is 11.3. The van der Waals surface area contributed by atoms with E-state index in [1.165, 1.54) is 44.4 Å². The molecule has 3 N–H and O–H groups in total. The number of phenolic OH excluding ortho intramolecular Hbond substituents is 1. The number of ether oxygens (including phenoxy) is 5. The Labute approximate surface area is 243 Å². The number of methoxy groups -OCH3 is 4. The molecule has 3 aliphatic rings. The van der Waals surface area contributed by atoms with Gasteiger partial charge in [0, 0.05) is 35.8 Å². The molecule has 6 atom stereocenters. The first-order valence-corrected chi connectivity index (χ1v) is 14.1. The van der Waals surface area contributed by atoms with E-state index in [1.807, 2.05) is 12.1 Å². The number of hydrogen-bond acceptors (Lipinski definition) is 10.